The van der Waals surface area contributed by atoms with Crippen LogP contribution >= 0.6 is 0 Å². The number of para-hydroxylation sites is 2. The van der Waals surface area contributed by atoms with Gasteiger partial charge in [0.25, 0.3) is 11.8 Å². The molecule has 5 nitrogen and oxygen atoms in total. The summed E-state index contributed by atoms with van der Waals surface area (Å²) in [4.78, 5) is 28.1. The number of benzene rings is 3. The number of rotatable bonds is 5. The zero-order valence-corrected chi connectivity index (χ0v) is 21.7. The topological polar surface area (TPSA) is 58.6 Å². The second kappa shape index (κ2) is 10.6. The lowest BCUT2D eigenvalue weighted by molar-refractivity contribution is -0.117. The average molecular weight is 495 g/mol. The summed E-state index contributed by atoms with van der Waals surface area (Å²) in [6, 6.07) is 23.3. The van der Waals surface area contributed by atoms with E-state index in [1.54, 1.807) is 11.0 Å². The standard InChI is InChI=1S/C32H34N2O3/c1-21-11-13-25(14-12-21)20-34-28-9-4-5-10-29(28)37-30(32(34)36)19-24-15-17-26(18-16-24)31(35)33-27-8-6-7-22(2)23(27)3/h4-5,9-19,22-23,27H,6-8,20H2,1-3H3,(H,33,35)/b30-19+/t22-,23-,27+/m0/s1. The Morgan fingerprint density at radius 1 is 1.00 bits per heavy atom. The fourth-order valence-electron chi connectivity index (χ4n) is 5.21. The van der Waals surface area contributed by atoms with E-state index in [9.17, 15) is 9.59 Å². The third-order valence-corrected chi connectivity index (χ3v) is 7.79. The number of ether oxygens (including phenoxy) is 1. The summed E-state index contributed by atoms with van der Waals surface area (Å²) in [6.45, 7) is 6.99. The first-order chi connectivity index (χ1) is 17.9. The number of carbonyl (C=O) groups excluding carboxylic acids is 2. The number of anilines is 1. The van der Waals surface area contributed by atoms with Crippen molar-refractivity contribution in [2.75, 3.05) is 4.90 Å². The van der Waals surface area contributed by atoms with Gasteiger partial charge in [-0.3, -0.25) is 14.5 Å². The Kier molecular flexibility index (Phi) is 7.13. The van der Waals surface area contributed by atoms with Crippen LogP contribution in [0.5, 0.6) is 5.75 Å². The van der Waals surface area contributed by atoms with Gasteiger partial charge >= 0.3 is 0 Å². The van der Waals surface area contributed by atoms with Gasteiger partial charge in [-0.2, -0.15) is 0 Å². The molecule has 3 aromatic rings. The number of hydrogen-bond acceptors (Lipinski definition) is 3. The van der Waals surface area contributed by atoms with E-state index in [0.29, 0.717) is 29.7 Å². The molecule has 0 radical (unpaired) electrons. The highest BCUT2D eigenvalue weighted by molar-refractivity contribution is 6.09. The van der Waals surface area contributed by atoms with Crippen LogP contribution in [-0.4, -0.2) is 17.9 Å². The minimum absolute atomic E-state index is 0.0478. The van der Waals surface area contributed by atoms with Crippen molar-refractivity contribution < 1.29 is 14.3 Å². The molecule has 1 N–H and O–H groups in total. The normalized spacial score (nSPS) is 22.4. The summed E-state index contributed by atoms with van der Waals surface area (Å²) in [5, 5.41) is 3.23. The molecule has 2 amide bonds. The van der Waals surface area contributed by atoms with Gasteiger partial charge < -0.3 is 10.1 Å². The van der Waals surface area contributed by atoms with Gasteiger partial charge in [0.2, 0.25) is 0 Å². The molecular weight excluding hydrogens is 460 g/mol. The van der Waals surface area contributed by atoms with E-state index in [-0.39, 0.29) is 23.6 Å². The summed E-state index contributed by atoms with van der Waals surface area (Å²) < 4.78 is 6.03. The Labute approximate surface area is 219 Å². The lowest BCUT2D eigenvalue weighted by Gasteiger charge is -2.34. The number of hydrogen-bond donors (Lipinski definition) is 1. The Bertz CT molecular complexity index is 1310. The molecule has 5 heteroatoms. The van der Waals surface area contributed by atoms with Crippen LogP contribution in [0, 0.1) is 18.8 Å². The lowest BCUT2D eigenvalue weighted by Crippen LogP contribution is -2.43. The highest BCUT2D eigenvalue weighted by Gasteiger charge is 2.31. The van der Waals surface area contributed by atoms with E-state index in [1.807, 2.05) is 67.6 Å². The van der Waals surface area contributed by atoms with Crippen molar-refractivity contribution in [3.05, 3.63) is 101 Å². The van der Waals surface area contributed by atoms with Crippen molar-refractivity contribution in [1.82, 2.24) is 5.32 Å². The second-order valence-corrected chi connectivity index (χ2v) is 10.4. The van der Waals surface area contributed by atoms with Crippen LogP contribution in [0.15, 0.2) is 78.6 Å². The maximum atomic E-state index is 13.5. The van der Waals surface area contributed by atoms with Crippen LogP contribution in [0.4, 0.5) is 5.69 Å². The molecule has 5 rings (SSSR count). The molecule has 1 saturated carbocycles. The van der Waals surface area contributed by atoms with Crippen molar-refractivity contribution in [2.45, 2.75) is 52.6 Å². The van der Waals surface area contributed by atoms with Crippen molar-refractivity contribution in [2.24, 2.45) is 11.8 Å². The molecule has 37 heavy (non-hydrogen) atoms. The van der Waals surface area contributed by atoms with E-state index >= 15 is 0 Å². The maximum Gasteiger partial charge on any atom is 0.294 e. The van der Waals surface area contributed by atoms with Crippen molar-refractivity contribution in [3.8, 4) is 5.75 Å². The molecule has 3 atom stereocenters. The Balaban J connectivity index is 1.34. The third kappa shape index (κ3) is 5.46. The Hall–Kier alpha value is -3.86. The molecule has 1 heterocycles. The lowest BCUT2D eigenvalue weighted by atomic mass is 9.78. The maximum absolute atomic E-state index is 13.5. The molecule has 0 aromatic heterocycles. The quantitative estimate of drug-likeness (QED) is 0.411. The van der Waals surface area contributed by atoms with Crippen LogP contribution < -0.4 is 15.0 Å². The predicted molar refractivity (Wildman–Crippen MR) is 147 cm³/mol. The van der Waals surface area contributed by atoms with E-state index in [4.69, 9.17) is 4.74 Å². The van der Waals surface area contributed by atoms with E-state index in [2.05, 4.69) is 31.3 Å². The second-order valence-electron chi connectivity index (χ2n) is 10.4. The summed E-state index contributed by atoms with van der Waals surface area (Å²) in [7, 11) is 0. The van der Waals surface area contributed by atoms with Gasteiger partial charge in [0.1, 0.15) is 0 Å². The van der Waals surface area contributed by atoms with Crippen LogP contribution in [0.3, 0.4) is 0 Å². The molecule has 0 bridgehead atoms. The molecule has 1 aliphatic heterocycles. The molecule has 1 aliphatic carbocycles. The first-order valence-electron chi connectivity index (χ1n) is 13.2. The first kappa shape index (κ1) is 24.8. The molecule has 1 fully saturated rings. The van der Waals surface area contributed by atoms with Crippen molar-refractivity contribution >= 4 is 23.6 Å². The minimum Gasteiger partial charge on any atom is -0.449 e. The van der Waals surface area contributed by atoms with Crippen LogP contribution in [0.1, 0.15) is 60.2 Å². The largest absolute Gasteiger partial charge is 0.449 e. The number of fused-ring (bicyclic) bond motifs is 1. The van der Waals surface area contributed by atoms with Crippen molar-refractivity contribution in [1.29, 1.82) is 0 Å². The molecule has 0 spiro atoms. The third-order valence-electron chi connectivity index (χ3n) is 7.79. The van der Waals surface area contributed by atoms with Gasteiger partial charge in [-0.15, -0.1) is 0 Å². The predicted octanol–water partition coefficient (Wildman–Crippen LogP) is 6.52. The van der Waals surface area contributed by atoms with Gasteiger partial charge in [0.15, 0.2) is 11.5 Å². The van der Waals surface area contributed by atoms with Crippen LogP contribution in [-0.2, 0) is 11.3 Å². The van der Waals surface area contributed by atoms with Crippen LogP contribution in [0.2, 0.25) is 0 Å². The van der Waals surface area contributed by atoms with E-state index in [0.717, 1.165) is 29.7 Å². The zero-order valence-electron chi connectivity index (χ0n) is 21.7. The fourth-order valence-corrected chi connectivity index (χ4v) is 5.21. The van der Waals surface area contributed by atoms with Gasteiger partial charge in [-0.05, 0) is 66.6 Å². The monoisotopic (exact) mass is 494 g/mol. The number of amides is 2. The summed E-state index contributed by atoms with van der Waals surface area (Å²) >= 11 is 0. The molecule has 2 aliphatic rings. The molecule has 3 aromatic carbocycles. The minimum atomic E-state index is -0.193. The number of nitrogens with zero attached hydrogens (tertiary/aromatic N) is 1. The van der Waals surface area contributed by atoms with Crippen LogP contribution in [0.25, 0.3) is 6.08 Å². The molecule has 0 saturated heterocycles. The van der Waals surface area contributed by atoms with E-state index < -0.39 is 0 Å². The van der Waals surface area contributed by atoms with Gasteiger partial charge in [0.05, 0.1) is 12.2 Å². The van der Waals surface area contributed by atoms with E-state index in [1.165, 1.54) is 12.0 Å². The SMILES string of the molecule is Cc1ccc(CN2C(=O)/C(=C\c3ccc(C(=O)N[C@@H]4CCC[C@H](C)[C@@H]4C)cc3)Oc3ccccc32)cc1. The Morgan fingerprint density at radius 3 is 2.49 bits per heavy atom. The molecule has 190 valence electrons. The average Bonchev–Trinajstić information content (AvgIpc) is 2.90. The highest BCUT2D eigenvalue weighted by Crippen LogP contribution is 2.36. The van der Waals surface area contributed by atoms with Gasteiger partial charge in [-0.25, -0.2) is 0 Å². The van der Waals surface area contributed by atoms with Crippen molar-refractivity contribution in [3.63, 3.8) is 0 Å². The number of aryl methyl sites for hydroxylation is 1. The fraction of sp³-hybridized carbons (Fsp3) is 0.312. The van der Waals surface area contributed by atoms with Gasteiger partial charge in [0, 0.05) is 11.6 Å². The summed E-state index contributed by atoms with van der Waals surface area (Å²) in [6.07, 6.45) is 5.15. The number of nitrogens with one attached hydrogen (secondary N) is 1. The zero-order chi connectivity index (χ0) is 25.9. The van der Waals surface area contributed by atoms with Gasteiger partial charge in [-0.1, -0.05) is 80.8 Å². The summed E-state index contributed by atoms with van der Waals surface area (Å²) in [5.74, 6) is 1.76. The first-order valence-corrected chi connectivity index (χ1v) is 13.2. The number of carbonyl (C=O) groups is 2. The highest BCUT2D eigenvalue weighted by atomic mass is 16.5. The smallest absolute Gasteiger partial charge is 0.294 e. The molecular formula is C32H34N2O3. The molecule has 0 unspecified atom stereocenters. The Morgan fingerprint density at radius 2 is 1.73 bits per heavy atom. The summed E-state index contributed by atoms with van der Waals surface area (Å²) in [5.41, 5.74) is 4.40.